The number of hydrogen-bond acceptors (Lipinski definition) is 8. The molecule has 2 aliphatic rings. The van der Waals surface area contributed by atoms with Crippen LogP contribution >= 0.6 is 58.2 Å². The molecule has 5 N–H and O–H groups in total. The number of hydrogen-bond donors (Lipinski definition) is 4. The Hall–Kier alpha value is -3.78. The van der Waals surface area contributed by atoms with E-state index in [0.717, 1.165) is 69.2 Å². The molecule has 2 heterocycles. The fourth-order valence-corrected chi connectivity index (χ4v) is 7.43. The summed E-state index contributed by atoms with van der Waals surface area (Å²) in [6.07, 6.45) is -2.15. The van der Waals surface area contributed by atoms with E-state index in [1.165, 1.54) is 12.1 Å². The van der Waals surface area contributed by atoms with E-state index in [9.17, 15) is 35.9 Å². The molecule has 0 radical (unpaired) electrons. The number of aromatic nitrogens is 2. The Balaban J connectivity index is 0.000000264. The van der Waals surface area contributed by atoms with E-state index in [0.29, 0.717) is 32.2 Å². The third-order valence-electron chi connectivity index (χ3n) is 9.38. The molecule has 60 heavy (non-hydrogen) atoms. The lowest BCUT2D eigenvalue weighted by Crippen LogP contribution is -2.40. The van der Waals surface area contributed by atoms with E-state index >= 15 is 0 Å². The Bertz CT molecular complexity index is 1960. The third-order valence-corrected chi connectivity index (χ3v) is 10.4. The quantitative estimate of drug-likeness (QED) is 0.0777. The Morgan fingerprint density at radius 2 is 1.03 bits per heavy atom. The van der Waals surface area contributed by atoms with Crippen molar-refractivity contribution in [3.8, 4) is 11.5 Å². The van der Waals surface area contributed by atoms with Gasteiger partial charge in [0.25, 0.3) is 11.8 Å². The number of alkyl halides is 6. The topological polar surface area (TPSA) is 140 Å². The first kappa shape index (κ1) is 50.6. The van der Waals surface area contributed by atoms with Crippen LogP contribution in [-0.4, -0.2) is 60.2 Å². The van der Waals surface area contributed by atoms with Gasteiger partial charge in [-0.15, -0.1) is 12.4 Å². The van der Waals surface area contributed by atoms with Gasteiger partial charge >= 0.3 is 12.4 Å². The normalized spacial score (nSPS) is 18.8. The van der Waals surface area contributed by atoms with Crippen molar-refractivity contribution in [2.24, 2.45) is 5.73 Å². The second kappa shape index (κ2) is 23.4. The van der Waals surface area contributed by atoms with Gasteiger partial charge in [0.2, 0.25) is 0 Å². The third kappa shape index (κ3) is 16.6. The summed E-state index contributed by atoms with van der Waals surface area (Å²) in [7, 11) is 3.17. The zero-order valence-corrected chi connectivity index (χ0v) is 36.8. The summed E-state index contributed by atoms with van der Waals surface area (Å²) in [6, 6.07) is 19.2. The molecule has 0 atom stereocenters. The van der Waals surface area contributed by atoms with Gasteiger partial charge in [0.1, 0.15) is 33.2 Å². The van der Waals surface area contributed by atoms with Gasteiger partial charge in [-0.3, -0.25) is 9.59 Å². The maximum atomic E-state index is 12.9. The van der Waals surface area contributed by atoms with E-state index in [2.05, 4.69) is 25.9 Å². The molecule has 2 aliphatic carbocycles. The molecule has 20 heteroatoms. The van der Waals surface area contributed by atoms with Gasteiger partial charge in [0.05, 0.1) is 14.2 Å². The minimum absolute atomic E-state index is 0. The van der Waals surface area contributed by atoms with Crippen molar-refractivity contribution in [3.63, 3.8) is 0 Å². The number of ether oxygens (including phenoxy) is 2. The minimum Gasteiger partial charge on any atom is -0.497 e. The maximum Gasteiger partial charge on any atom is 0.433 e. The number of methoxy groups -OCH3 is 2. The summed E-state index contributed by atoms with van der Waals surface area (Å²) in [6.45, 7) is 0. The van der Waals surface area contributed by atoms with E-state index in [1.54, 1.807) is 85.3 Å². The first-order chi connectivity index (χ1) is 27.8. The van der Waals surface area contributed by atoms with Crippen LogP contribution in [0.3, 0.4) is 0 Å². The molecule has 2 aromatic carbocycles. The molecule has 0 unspecified atom stereocenters. The van der Waals surface area contributed by atoms with Crippen molar-refractivity contribution < 1.29 is 45.4 Å². The van der Waals surface area contributed by atoms with Crippen molar-refractivity contribution >= 4 is 75.7 Å². The van der Waals surface area contributed by atoms with Gasteiger partial charge in [-0.1, -0.05) is 23.2 Å². The van der Waals surface area contributed by atoms with E-state index in [1.807, 2.05) is 0 Å². The van der Waals surface area contributed by atoms with Crippen molar-refractivity contribution in [2.45, 2.75) is 87.9 Å². The number of amides is 2. The second-order valence-electron chi connectivity index (χ2n) is 13.8. The number of carbonyl (C=O) groups is 2. The molecule has 2 fully saturated rings. The Morgan fingerprint density at radius 1 is 0.650 bits per heavy atom. The fourth-order valence-electron chi connectivity index (χ4n) is 6.24. The molecule has 0 aliphatic heterocycles. The Morgan fingerprint density at radius 3 is 1.43 bits per heavy atom. The largest absolute Gasteiger partial charge is 0.497 e. The van der Waals surface area contributed by atoms with Gasteiger partial charge in [-0.05, 0) is 147 Å². The van der Waals surface area contributed by atoms with Crippen LogP contribution in [0, 0.1) is 3.57 Å². The maximum absolute atomic E-state index is 12.9. The summed E-state index contributed by atoms with van der Waals surface area (Å²) in [5, 5.41) is 8.82. The lowest BCUT2D eigenvalue weighted by molar-refractivity contribution is -0.141. The average Bonchev–Trinajstić information content (AvgIpc) is 3.19. The Kier molecular flexibility index (Phi) is 19.8. The molecule has 2 saturated carbocycles. The fraction of sp³-hybridized carbons (Fsp3) is 0.400. The van der Waals surface area contributed by atoms with Gasteiger partial charge in [-0.25, -0.2) is 9.97 Å². The summed E-state index contributed by atoms with van der Waals surface area (Å²) >= 11 is 12.8. The molecule has 4 aromatic rings. The molecular formula is C40H44Cl3F6IN6O4. The number of anilines is 1. The van der Waals surface area contributed by atoms with Gasteiger partial charge in [0.15, 0.2) is 0 Å². The van der Waals surface area contributed by atoms with Crippen LogP contribution in [0.2, 0.25) is 10.3 Å². The molecule has 0 saturated heterocycles. The number of benzene rings is 2. The smallest absolute Gasteiger partial charge is 0.433 e. The van der Waals surface area contributed by atoms with Crippen molar-refractivity contribution in [1.29, 1.82) is 0 Å². The van der Waals surface area contributed by atoms with Crippen LogP contribution in [0.1, 0.15) is 83.5 Å². The highest BCUT2D eigenvalue weighted by Crippen LogP contribution is 2.32. The lowest BCUT2D eigenvalue weighted by atomic mass is 9.90. The molecule has 6 rings (SSSR count). The predicted molar refractivity (Wildman–Crippen MR) is 229 cm³/mol. The predicted octanol–water partition coefficient (Wildman–Crippen LogP) is 10.4. The molecule has 0 spiro atoms. The van der Waals surface area contributed by atoms with Crippen LogP contribution in [0.25, 0.3) is 0 Å². The summed E-state index contributed by atoms with van der Waals surface area (Å²) < 4.78 is 85.3. The van der Waals surface area contributed by atoms with Gasteiger partial charge in [0, 0.05) is 44.6 Å². The number of carbonyl (C=O) groups excluding carboxylic acids is 2. The van der Waals surface area contributed by atoms with Crippen LogP contribution in [0.15, 0.2) is 72.8 Å². The molecule has 328 valence electrons. The zero-order chi connectivity index (χ0) is 43.3. The highest BCUT2D eigenvalue weighted by atomic mass is 127. The van der Waals surface area contributed by atoms with Gasteiger partial charge in [-0.2, -0.15) is 26.3 Å². The summed E-state index contributed by atoms with van der Waals surface area (Å²) in [5.41, 5.74) is 5.38. The number of halogens is 10. The van der Waals surface area contributed by atoms with Crippen molar-refractivity contribution in [2.75, 3.05) is 19.5 Å². The number of rotatable bonds is 8. The van der Waals surface area contributed by atoms with Crippen LogP contribution in [0.5, 0.6) is 11.5 Å². The molecule has 0 bridgehead atoms. The van der Waals surface area contributed by atoms with E-state index in [4.69, 9.17) is 38.4 Å². The average molecular weight is 1020 g/mol. The van der Waals surface area contributed by atoms with Crippen LogP contribution in [-0.2, 0) is 12.4 Å². The number of nitrogens with two attached hydrogens (primary N) is 1. The zero-order valence-electron chi connectivity index (χ0n) is 32.3. The van der Waals surface area contributed by atoms with E-state index < -0.39 is 23.7 Å². The van der Waals surface area contributed by atoms with E-state index in [-0.39, 0.29) is 52.7 Å². The SMILES string of the molecule is COc1ccc(C(=O)NC2CCC(N)CC2)cc1.COc1ccc(C(=O)NC2CCC(Nc3cc(Cl)nc(C(F)(F)F)c3)CC2)cc1.Cl.FC(F)(F)c1cc(I)cc(Cl)n1. The number of pyridine rings is 2. The molecule has 2 aromatic heterocycles. The molecule has 10 nitrogen and oxygen atoms in total. The second-order valence-corrected chi connectivity index (χ2v) is 15.8. The van der Waals surface area contributed by atoms with Gasteiger partial charge < -0.3 is 31.2 Å². The standard InChI is InChI=1S/C20H21ClF3N3O2.C14H20N2O2.C6H2ClF3IN.ClH/c1-29-16-8-2-12(3-9-16)19(28)26-14-6-4-13(5-7-14)25-15-10-17(20(22,23)24)27-18(21)11-15;1-18-13-8-2-10(3-9-13)14(17)16-12-6-4-11(15)5-7-12;7-5-2-3(11)1-4(12-5)6(8,9)10;/h2-3,8-11,13-14H,4-7H2,1H3,(H,25,27)(H,26,28);2-3,8-9,11-12H,4-7,15H2,1H3,(H,16,17);1-2H;1H. The van der Waals surface area contributed by atoms with Crippen LogP contribution in [0.4, 0.5) is 32.0 Å². The molecule has 2 amide bonds. The summed E-state index contributed by atoms with van der Waals surface area (Å²) in [5.74, 6) is 1.27. The number of nitrogens with one attached hydrogen (secondary N) is 3. The molecular weight excluding hydrogens is 976 g/mol. The van der Waals surface area contributed by atoms with Crippen LogP contribution < -0.4 is 31.2 Å². The minimum atomic E-state index is -4.55. The summed E-state index contributed by atoms with van der Waals surface area (Å²) in [4.78, 5) is 30.8. The monoisotopic (exact) mass is 1020 g/mol. The lowest BCUT2D eigenvalue weighted by Gasteiger charge is -2.30. The number of nitrogens with zero attached hydrogens (tertiary/aromatic N) is 2. The highest BCUT2D eigenvalue weighted by Gasteiger charge is 2.34. The van der Waals surface area contributed by atoms with Crippen molar-refractivity contribution in [1.82, 2.24) is 20.6 Å². The van der Waals surface area contributed by atoms with Crippen molar-refractivity contribution in [3.05, 3.63) is 109 Å². The first-order valence-electron chi connectivity index (χ1n) is 18.4. The highest BCUT2D eigenvalue weighted by molar-refractivity contribution is 14.1. The Labute approximate surface area is 373 Å². The first-order valence-corrected chi connectivity index (χ1v) is 20.2.